The molecule has 18 atom stereocenters. The first-order valence-corrected chi connectivity index (χ1v) is 33.5. The number of hydrogen-bond acceptors (Lipinski definition) is 20. The van der Waals surface area contributed by atoms with E-state index in [9.17, 15) is 60.4 Å². The Hall–Kier alpha value is -1.65. The standard InChI is InChI=1S/C61H116N3O20P/c1-7-9-11-13-15-17-19-21-22-24-26-28-30-32-34-36-49(69)63-44(45(68)35-33-31-29-27-25-23-20-18-16-14-12-10-8-2)41-77-60-55(74)54(73)57(47(40-66)81-60)83-61-56(75)58(52(71)46(39-65)80-61)84-59-50(62-43(3)67)53(72)51(70)48(82-59)42-79-85(76)78-38-37-64(4,5)6/h33,35,44-48,50-61,65-66,68,70-75H,7-32,34,36-42H2,1-6H3,(H,62,67)(H,63,69)/b35-33+/t44-,45+,46-,47-,48-,50-,51-,52-,53-,54-,55-,56+,57-,58+,59+,60-,61+,85?/m1/s1. The summed E-state index contributed by atoms with van der Waals surface area (Å²) in [4.78, 5) is 38.3. The molecule has 0 aromatic carbocycles. The molecule has 1 unspecified atom stereocenters. The smallest absolute Gasteiger partial charge is 0.220 e. The van der Waals surface area contributed by atoms with Crippen LogP contribution in [0.5, 0.6) is 0 Å². The molecule has 0 spiro atoms. The second-order valence-electron chi connectivity index (χ2n) is 24.7. The van der Waals surface area contributed by atoms with Crippen LogP contribution in [0.1, 0.15) is 201 Å². The summed E-state index contributed by atoms with van der Waals surface area (Å²) >= 11 is 0. The SMILES string of the molecule is CCCCCCCCCCCCC/C=C/[C@H](O)[C@@H](CO[C@@H]1O[C@H](CO)[C@@H](O[C@@H]2O[C@H](CO)[C@@H](O)[C@H](O[C@@H]3O[C@H](COP([O-])OCC[N+](C)(C)C)[C@@H](O)[C@H](O)[C@H]3NC(C)=O)[C@@H]2O)[C@H](O)[C@H]1O)NC(=O)CCCCCCCCCCCCCCCCC. The maximum Gasteiger partial charge on any atom is 0.220 e. The number of unbranched alkanes of at least 4 members (excludes halogenated alkanes) is 25. The molecule has 24 heteroatoms. The Labute approximate surface area is 509 Å². The first-order valence-electron chi connectivity index (χ1n) is 32.4. The fraction of sp³-hybridized carbons (Fsp3) is 0.934. The van der Waals surface area contributed by atoms with Gasteiger partial charge in [0.2, 0.25) is 11.8 Å². The molecule has 0 aromatic rings. The Morgan fingerprint density at radius 2 is 1.08 bits per heavy atom. The van der Waals surface area contributed by atoms with Crippen LogP contribution in [0.4, 0.5) is 0 Å². The van der Waals surface area contributed by atoms with E-state index in [0.717, 1.165) is 51.9 Å². The predicted octanol–water partition coefficient (Wildman–Crippen LogP) is 4.29. The van der Waals surface area contributed by atoms with Gasteiger partial charge in [-0.15, -0.1) is 0 Å². The van der Waals surface area contributed by atoms with E-state index in [2.05, 4.69) is 24.5 Å². The molecule has 85 heavy (non-hydrogen) atoms. The van der Waals surface area contributed by atoms with E-state index in [1.807, 2.05) is 27.2 Å². The van der Waals surface area contributed by atoms with Gasteiger partial charge in [-0.1, -0.05) is 180 Å². The van der Waals surface area contributed by atoms with Crippen LogP contribution in [0.25, 0.3) is 0 Å². The van der Waals surface area contributed by atoms with E-state index < -0.39 is 139 Å². The molecule has 0 saturated carbocycles. The van der Waals surface area contributed by atoms with Gasteiger partial charge in [0.25, 0.3) is 0 Å². The van der Waals surface area contributed by atoms with Gasteiger partial charge in [0.05, 0.1) is 68.3 Å². The average molecular weight is 1240 g/mol. The molecule has 0 aromatic heterocycles. The first-order chi connectivity index (χ1) is 40.8. The van der Waals surface area contributed by atoms with Gasteiger partial charge in [-0.2, -0.15) is 0 Å². The van der Waals surface area contributed by atoms with Crippen molar-refractivity contribution in [3.8, 4) is 0 Å². The zero-order valence-corrected chi connectivity index (χ0v) is 53.3. The number of carbonyl (C=O) groups excluding carboxylic acids is 2. The Kier molecular flexibility index (Phi) is 40.9. The second-order valence-corrected chi connectivity index (χ2v) is 25.6. The summed E-state index contributed by atoms with van der Waals surface area (Å²) in [6.07, 6.45) is 9.88. The Morgan fingerprint density at radius 1 is 0.588 bits per heavy atom. The first kappa shape index (κ1) is 77.6. The van der Waals surface area contributed by atoms with Crippen molar-refractivity contribution >= 4 is 20.4 Å². The zero-order chi connectivity index (χ0) is 62.6. The molecule has 11 N–H and O–H groups in total. The maximum atomic E-state index is 13.4. The maximum absolute atomic E-state index is 13.4. The number of aliphatic hydroxyl groups excluding tert-OH is 9. The fourth-order valence-corrected chi connectivity index (χ4v) is 11.4. The van der Waals surface area contributed by atoms with E-state index in [1.54, 1.807) is 6.08 Å². The number of allylic oxidation sites excluding steroid dienone is 1. The number of quaternary nitrogens is 1. The quantitative estimate of drug-likeness (QED) is 0.0175. The fourth-order valence-electron chi connectivity index (χ4n) is 10.8. The van der Waals surface area contributed by atoms with E-state index in [4.69, 9.17) is 37.5 Å². The van der Waals surface area contributed by atoms with Crippen molar-refractivity contribution in [2.75, 3.05) is 60.7 Å². The Bertz CT molecular complexity index is 1740. The lowest BCUT2D eigenvalue weighted by Crippen LogP contribution is -2.68. The summed E-state index contributed by atoms with van der Waals surface area (Å²) in [5.74, 6) is -0.980. The Morgan fingerprint density at radius 3 is 1.60 bits per heavy atom. The third-order valence-corrected chi connectivity index (χ3v) is 16.9. The van der Waals surface area contributed by atoms with Crippen LogP contribution in [0.15, 0.2) is 12.2 Å². The molecule has 3 aliphatic rings. The van der Waals surface area contributed by atoms with E-state index in [1.165, 1.54) is 122 Å². The van der Waals surface area contributed by atoms with Crippen LogP contribution in [-0.2, 0) is 47.1 Å². The van der Waals surface area contributed by atoms with Gasteiger partial charge in [-0.25, -0.2) is 0 Å². The third-order valence-electron chi connectivity index (χ3n) is 16.1. The third kappa shape index (κ3) is 30.8. The van der Waals surface area contributed by atoms with Crippen LogP contribution in [0, 0.1) is 0 Å². The summed E-state index contributed by atoms with van der Waals surface area (Å²) in [7, 11) is 3.01. The summed E-state index contributed by atoms with van der Waals surface area (Å²) in [6.45, 7) is 3.45. The van der Waals surface area contributed by atoms with E-state index in [-0.39, 0.29) is 25.5 Å². The summed E-state index contributed by atoms with van der Waals surface area (Å²) < 4.78 is 46.6. The van der Waals surface area contributed by atoms with Crippen molar-refractivity contribution < 1.29 is 102 Å². The molecule has 0 bridgehead atoms. The highest BCUT2D eigenvalue weighted by atomic mass is 31.2. The number of nitrogens with zero attached hydrogens (tertiary/aromatic N) is 1. The van der Waals surface area contributed by atoms with E-state index >= 15 is 0 Å². The zero-order valence-electron chi connectivity index (χ0n) is 52.4. The molecule has 3 heterocycles. The summed E-state index contributed by atoms with van der Waals surface area (Å²) in [6, 6.07) is -2.53. The Balaban J connectivity index is 1.64. The summed E-state index contributed by atoms with van der Waals surface area (Å²) in [5.41, 5.74) is 0. The van der Waals surface area contributed by atoms with Crippen molar-refractivity contribution in [2.24, 2.45) is 0 Å². The highest BCUT2D eigenvalue weighted by Crippen LogP contribution is 2.35. The van der Waals surface area contributed by atoms with Gasteiger partial charge in [0.15, 0.2) is 18.9 Å². The molecular weight excluding hydrogens is 1130 g/mol. The number of rotatable bonds is 48. The lowest BCUT2D eigenvalue weighted by Gasteiger charge is -2.49. The predicted molar refractivity (Wildman–Crippen MR) is 319 cm³/mol. The molecule has 3 saturated heterocycles. The van der Waals surface area contributed by atoms with Crippen molar-refractivity contribution in [2.45, 2.75) is 305 Å². The normalized spacial score (nSPS) is 29.5. The largest absolute Gasteiger partial charge is 0.786 e. The minimum atomic E-state index is -2.71. The number of likely N-dealkylation sites (N-methyl/N-ethyl adjacent to an activating group) is 1. The molecule has 0 aliphatic carbocycles. The van der Waals surface area contributed by atoms with Crippen LogP contribution in [0.3, 0.4) is 0 Å². The number of carbonyl (C=O) groups is 2. The van der Waals surface area contributed by atoms with Gasteiger partial charge >= 0.3 is 0 Å². The van der Waals surface area contributed by atoms with Crippen LogP contribution < -0.4 is 15.5 Å². The number of nitrogens with one attached hydrogen (secondary N) is 2. The van der Waals surface area contributed by atoms with Crippen LogP contribution in [-0.4, -0.2) is 227 Å². The van der Waals surface area contributed by atoms with Crippen LogP contribution in [0.2, 0.25) is 0 Å². The molecule has 3 aliphatic heterocycles. The van der Waals surface area contributed by atoms with Gasteiger partial charge in [0.1, 0.15) is 86.3 Å². The van der Waals surface area contributed by atoms with Gasteiger partial charge in [0, 0.05) is 13.3 Å². The van der Waals surface area contributed by atoms with Crippen molar-refractivity contribution in [3.05, 3.63) is 12.2 Å². The minimum Gasteiger partial charge on any atom is -0.786 e. The summed E-state index contributed by atoms with van der Waals surface area (Å²) in [5, 5.41) is 106. The van der Waals surface area contributed by atoms with E-state index in [0.29, 0.717) is 17.4 Å². The number of ether oxygens (including phenoxy) is 6. The van der Waals surface area contributed by atoms with Gasteiger partial charge < -0.3 is 103 Å². The molecule has 3 rings (SSSR count). The molecule has 2 amide bonds. The van der Waals surface area contributed by atoms with Crippen molar-refractivity contribution in [3.63, 3.8) is 0 Å². The van der Waals surface area contributed by atoms with Crippen molar-refractivity contribution in [1.29, 1.82) is 0 Å². The molecular formula is C61H116N3O20P. The number of amides is 2. The van der Waals surface area contributed by atoms with Crippen LogP contribution >= 0.6 is 8.60 Å². The van der Waals surface area contributed by atoms with Gasteiger partial charge in [-0.3, -0.25) is 9.59 Å². The highest BCUT2D eigenvalue weighted by Gasteiger charge is 2.54. The number of hydrogen-bond donors (Lipinski definition) is 11. The topological polar surface area (TPSA) is 337 Å². The average Bonchev–Trinajstić information content (AvgIpc) is 1.75. The molecule has 3 fully saturated rings. The lowest BCUT2D eigenvalue weighted by atomic mass is 9.95. The molecule has 500 valence electrons. The monoisotopic (exact) mass is 1240 g/mol. The minimum absolute atomic E-state index is 0.0700. The van der Waals surface area contributed by atoms with Crippen molar-refractivity contribution in [1.82, 2.24) is 10.6 Å². The highest BCUT2D eigenvalue weighted by molar-refractivity contribution is 7.39. The molecule has 0 radical (unpaired) electrons. The molecule has 23 nitrogen and oxygen atoms in total. The van der Waals surface area contributed by atoms with Gasteiger partial charge in [-0.05, 0) is 19.3 Å². The lowest BCUT2D eigenvalue weighted by molar-refractivity contribution is -0.870. The number of aliphatic hydroxyl groups is 9. The second kappa shape index (κ2) is 44.8.